The second kappa shape index (κ2) is 5.04. The Morgan fingerprint density at radius 2 is 1.71 bits per heavy atom. The van der Waals surface area contributed by atoms with E-state index in [4.69, 9.17) is 9.84 Å². The molecule has 0 aromatic carbocycles. The first kappa shape index (κ1) is 12.4. The topological polar surface area (TPSA) is 83.8 Å². The van der Waals surface area contributed by atoms with Gasteiger partial charge in [-0.3, -0.25) is 9.59 Å². The molecule has 0 amide bonds. The molecule has 0 aromatic rings. The molecule has 2 atom stereocenters. The summed E-state index contributed by atoms with van der Waals surface area (Å²) in [4.78, 5) is 22.2. The number of carboxylic acid groups (broad SMARTS) is 1. The molecule has 0 heterocycles. The van der Waals surface area contributed by atoms with Crippen molar-refractivity contribution in [2.24, 2.45) is 11.8 Å². The van der Waals surface area contributed by atoms with Crippen LogP contribution in [0.5, 0.6) is 0 Å². The van der Waals surface area contributed by atoms with Gasteiger partial charge in [-0.15, -0.1) is 0 Å². The number of carboxylic acids is 1. The van der Waals surface area contributed by atoms with Gasteiger partial charge in [0.2, 0.25) is 0 Å². The minimum Gasteiger partial charge on any atom is -0.481 e. The molecular formula is C12H18O5. The van der Waals surface area contributed by atoms with E-state index in [1.54, 1.807) is 0 Å². The summed E-state index contributed by atoms with van der Waals surface area (Å²) in [7, 11) is 0. The molecule has 0 spiro atoms. The molecular weight excluding hydrogens is 224 g/mol. The summed E-state index contributed by atoms with van der Waals surface area (Å²) in [6.07, 6.45) is 2.53. The Morgan fingerprint density at radius 1 is 1.12 bits per heavy atom. The van der Waals surface area contributed by atoms with Crippen LogP contribution in [-0.2, 0) is 14.3 Å². The van der Waals surface area contributed by atoms with E-state index in [2.05, 4.69) is 0 Å². The van der Waals surface area contributed by atoms with Crippen molar-refractivity contribution in [3.63, 3.8) is 0 Å². The van der Waals surface area contributed by atoms with Crippen molar-refractivity contribution >= 4 is 11.9 Å². The smallest absolute Gasteiger partial charge is 0.308 e. The number of aliphatic carboxylic acids is 1. The van der Waals surface area contributed by atoms with Crippen LogP contribution in [0.3, 0.4) is 0 Å². The molecule has 2 saturated carbocycles. The highest BCUT2D eigenvalue weighted by molar-refractivity contribution is 5.72. The minimum atomic E-state index is -0.947. The summed E-state index contributed by atoms with van der Waals surface area (Å²) in [5.74, 6) is -0.977. The van der Waals surface area contributed by atoms with Crippen LogP contribution in [-0.4, -0.2) is 34.4 Å². The fraction of sp³-hybridized carbons (Fsp3) is 0.833. The van der Waals surface area contributed by atoms with Crippen LogP contribution in [0.25, 0.3) is 0 Å². The average molecular weight is 242 g/mol. The van der Waals surface area contributed by atoms with Gasteiger partial charge in [0.1, 0.15) is 6.10 Å². The highest BCUT2D eigenvalue weighted by Crippen LogP contribution is 2.37. The number of carbonyl (C=O) groups excluding carboxylic acids is 1. The molecule has 2 aliphatic carbocycles. The molecule has 5 heteroatoms. The van der Waals surface area contributed by atoms with Gasteiger partial charge < -0.3 is 14.9 Å². The summed E-state index contributed by atoms with van der Waals surface area (Å²) in [6.45, 7) is 0. The van der Waals surface area contributed by atoms with Gasteiger partial charge in [0.25, 0.3) is 0 Å². The zero-order valence-corrected chi connectivity index (χ0v) is 9.67. The van der Waals surface area contributed by atoms with Gasteiger partial charge >= 0.3 is 11.9 Å². The molecule has 0 aromatic heterocycles. The zero-order chi connectivity index (χ0) is 12.4. The lowest BCUT2D eigenvalue weighted by Crippen LogP contribution is -2.26. The predicted molar refractivity (Wildman–Crippen MR) is 58.2 cm³/mol. The van der Waals surface area contributed by atoms with Gasteiger partial charge in [0.15, 0.2) is 0 Å². The maximum atomic E-state index is 11.5. The van der Waals surface area contributed by atoms with E-state index in [9.17, 15) is 14.7 Å². The van der Waals surface area contributed by atoms with Crippen LogP contribution in [0.4, 0.5) is 0 Å². The quantitative estimate of drug-likeness (QED) is 0.649. The van der Waals surface area contributed by atoms with E-state index in [-0.39, 0.29) is 24.7 Å². The Morgan fingerprint density at radius 3 is 2.18 bits per heavy atom. The van der Waals surface area contributed by atoms with Crippen molar-refractivity contribution in [3.05, 3.63) is 0 Å². The first-order valence-electron chi connectivity index (χ1n) is 6.15. The van der Waals surface area contributed by atoms with Gasteiger partial charge in [0.05, 0.1) is 18.9 Å². The monoisotopic (exact) mass is 242 g/mol. The number of carbonyl (C=O) groups is 2. The fourth-order valence-corrected chi connectivity index (χ4v) is 1.98. The Hall–Kier alpha value is -1.10. The molecule has 0 bridgehead atoms. The van der Waals surface area contributed by atoms with E-state index in [1.807, 2.05) is 0 Å². The zero-order valence-electron chi connectivity index (χ0n) is 9.67. The fourth-order valence-electron chi connectivity index (χ4n) is 1.98. The van der Waals surface area contributed by atoms with E-state index >= 15 is 0 Å². The lowest BCUT2D eigenvalue weighted by molar-refractivity contribution is -0.156. The number of esters is 1. The third-order valence-corrected chi connectivity index (χ3v) is 3.35. The number of hydrogen-bond donors (Lipinski definition) is 2. The van der Waals surface area contributed by atoms with Crippen LogP contribution in [0, 0.1) is 11.8 Å². The molecule has 0 radical (unpaired) electrons. The van der Waals surface area contributed by atoms with Gasteiger partial charge in [-0.05, 0) is 37.5 Å². The molecule has 96 valence electrons. The van der Waals surface area contributed by atoms with Gasteiger partial charge in [0, 0.05) is 0 Å². The van der Waals surface area contributed by atoms with E-state index < -0.39 is 24.1 Å². The molecule has 2 aliphatic rings. The van der Waals surface area contributed by atoms with Crippen LogP contribution in [0.15, 0.2) is 0 Å². The molecule has 2 rings (SSSR count). The van der Waals surface area contributed by atoms with E-state index in [0.717, 1.165) is 25.7 Å². The van der Waals surface area contributed by atoms with Crippen molar-refractivity contribution in [2.75, 3.05) is 0 Å². The average Bonchev–Trinajstić information content (AvgIpc) is 3.09. The lowest BCUT2D eigenvalue weighted by atomic mass is 10.1. The van der Waals surface area contributed by atoms with Crippen LogP contribution < -0.4 is 0 Å². The molecule has 2 fully saturated rings. The second-order valence-electron chi connectivity index (χ2n) is 5.07. The van der Waals surface area contributed by atoms with Crippen molar-refractivity contribution in [1.82, 2.24) is 0 Å². The Kier molecular flexibility index (Phi) is 3.66. The third-order valence-electron chi connectivity index (χ3n) is 3.35. The largest absolute Gasteiger partial charge is 0.481 e. The van der Waals surface area contributed by atoms with E-state index in [0.29, 0.717) is 0 Å². The highest BCUT2D eigenvalue weighted by Gasteiger charge is 2.37. The van der Waals surface area contributed by atoms with Crippen LogP contribution >= 0.6 is 0 Å². The van der Waals surface area contributed by atoms with Crippen molar-refractivity contribution < 1.29 is 24.5 Å². The number of rotatable bonds is 7. The molecule has 5 nitrogen and oxygen atoms in total. The Balaban J connectivity index is 1.75. The standard InChI is InChI=1S/C12H18O5/c13-9(7-1-2-7)5-12(16)17-10(6-11(14)15)8-3-4-8/h7-10,13H,1-6H2,(H,14,15). The summed E-state index contributed by atoms with van der Waals surface area (Å²) in [6, 6.07) is 0. The highest BCUT2D eigenvalue weighted by atomic mass is 16.5. The summed E-state index contributed by atoms with van der Waals surface area (Å²) >= 11 is 0. The molecule has 0 saturated heterocycles. The Bertz CT molecular complexity index is 306. The maximum Gasteiger partial charge on any atom is 0.308 e. The first-order chi connectivity index (χ1) is 8.06. The van der Waals surface area contributed by atoms with Gasteiger partial charge in [-0.2, -0.15) is 0 Å². The van der Waals surface area contributed by atoms with Crippen molar-refractivity contribution in [2.45, 2.75) is 50.7 Å². The summed E-state index contributed by atoms with van der Waals surface area (Å²) in [5.41, 5.74) is 0. The lowest BCUT2D eigenvalue weighted by Gasteiger charge is -2.16. The number of ether oxygens (including phenoxy) is 1. The second-order valence-corrected chi connectivity index (χ2v) is 5.07. The Labute approximate surface area is 99.8 Å². The van der Waals surface area contributed by atoms with Crippen LogP contribution in [0.2, 0.25) is 0 Å². The molecule has 17 heavy (non-hydrogen) atoms. The van der Waals surface area contributed by atoms with Crippen molar-refractivity contribution in [3.8, 4) is 0 Å². The van der Waals surface area contributed by atoms with Gasteiger partial charge in [-0.1, -0.05) is 0 Å². The third kappa shape index (κ3) is 4.00. The molecule has 2 unspecified atom stereocenters. The minimum absolute atomic E-state index is 0.00644. The first-order valence-corrected chi connectivity index (χ1v) is 6.15. The normalized spacial score (nSPS) is 22.9. The number of aliphatic hydroxyl groups excluding tert-OH is 1. The van der Waals surface area contributed by atoms with Crippen LogP contribution in [0.1, 0.15) is 38.5 Å². The van der Waals surface area contributed by atoms with Crippen molar-refractivity contribution in [1.29, 1.82) is 0 Å². The summed E-state index contributed by atoms with van der Waals surface area (Å²) < 4.78 is 5.15. The molecule has 0 aliphatic heterocycles. The maximum absolute atomic E-state index is 11.5. The SMILES string of the molecule is O=C(O)CC(OC(=O)CC(O)C1CC1)C1CC1. The molecule has 2 N–H and O–H groups in total. The van der Waals surface area contributed by atoms with E-state index in [1.165, 1.54) is 0 Å². The predicted octanol–water partition coefficient (Wildman–Crippen LogP) is 0.944. The number of hydrogen-bond acceptors (Lipinski definition) is 4. The number of aliphatic hydroxyl groups is 1. The summed E-state index contributed by atoms with van der Waals surface area (Å²) in [5, 5.41) is 18.3. The van der Waals surface area contributed by atoms with Gasteiger partial charge in [-0.25, -0.2) is 0 Å².